The van der Waals surface area contributed by atoms with Crippen molar-refractivity contribution in [3.05, 3.63) is 36.0 Å². The van der Waals surface area contributed by atoms with E-state index in [4.69, 9.17) is 4.99 Å². The summed E-state index contributed by atoms with van der Waals surface area (Å²) in [6.07, 6.45) is 1.93. The Bertz CT molecular complexity index is 636. The van der Waals surface area contributed by atoms with Gasteiger partial charge < -0.3 is 20.7 Å². The van der Waals surface area contributed by atoms with E-state index in [-0.39, 0.29) is 30.6 Å². The minimum Gasteiger partial charge on any atom is -0.396 e. The van der Waals surface area contributed by atoms with Gasteiger partial charge in [0.15, 0.2) is 5.96 Å². The van der Waals surface area contributed by atoms with Gasteiger partial charge in [-0.05, 0) is 49.1 Å². The van der Waals surface area contributed by atoms with Crippen LogP contribution in [-0.4, -0.2) is 35.7 Å². The van der Waals surface area contributed by atoms with Gasteiger partial charge in [-0.3, -0.25) is 0 Å². The molecular weight excluding hydrogens is 439 g/mol. The second-order valence-electron chi connectivity index (χ2n) is 6.97. The van der Waals surface area contributed by atoms with E-state index in [0.29, 0.717) is 18.4 Å². The third-order valence-corrected chi connectivity index (χ3v) is 4.24. The fraction of sp³-hybridized carbons (Fsp3) is 0.550. The Morgan fingerprint density at radius 3 is 2.65 bits per heavy atom. The second-order valence-corrected chi connectivity index (χ2v) is 6.97. The number of aromatic amines is 1. The van der Waals surface area contributed by atoms with Crippen molar-refractivity contribution in [1.82, 2.24) is 15.6 Å². The number of hydrogen-bond acceptors (Lipinski definition) is 2. The molecule has 146 valence electrons. The highest BCUT2D eigenvalue weighted by Crippen LogP contribution is 2.16. The molecule has 0 aliphatic rings. The number of aliphatic hydroxyl groups is 1. The molecule has 0 bridgehead atoms. The topological polar surface area (TPSA) is 72.4 Å². The Hall–Kier alpha value is -1.28. The second kappa shape index (κ2) is 12.2. The maximum Gasteiger partial charge on any atom is 0.191 e. The monoisotopic (exact) mass is 472 g/mol. The first-order chi connectivity index (χ1) is 12.1. The number of aromatic nitrogens is 1. The third kappa shape index (κ3) is 7.53. The molecule has 0 aliphatic heterocycles. The summed E-state index contributed by atoms with van der Waals surface area (Å²) >= 11 is 0. The zero-order chi connectivity index (χ0) is 18.1. The van der Waals surface area contributed by atoms with Gasteiger partial charge in [-0.2, -0.15) is 0 Å². The van der Waals surface area contributed by atoms with Gasteiger partial charge in [0.1, 0.15) is 0 Å². The van der Waals surface area contributed by atoms with Crippen molar-refractivity contribution in [1.29, 1.82) is 0 Å². The van der Waals surface area contributed by atoms with Crippen LogP contribution in [0, 0.1) is 11.8 Å². The van der Waals surface area contributed by atoms with Crippen LogP contribution >= 0.6 is 24.0 Å². The van der Waals surface area contributed by atoms with Crippen LogP contribution in [0.5, 0.6) is 0 Å². The van der Waals surface area contributed by atoms with Crippen molar-refractivity contribution in [3.8, 4) is 0 Å². The lowest BCUT2D eigenvalue weighted by Crippen LogP contribution is -2.40. The highest BCUT2D eigenvalue weighted by molar-refractivity contribution is 14.0. The fourth-order valence-corrected chi connectivity index (χ4v) is 3.12. The summed E-state index contributed by atoms with van der Waals surface area (Å²) in [5, 5.41) is 17.2. The van der Waals surface area contributed by atoms with Crippen LogP contribution in [0.2, 0.25) is 0 Å². The summed E-state index contributed by atoms with van der Waals surface area (Å²) in [6, 6.07) is 10.4. The molecule has 0 spiro atoms. The van der Waals surface area contributed by atoms with Crippen molar-refractivity contribution in [2.24, 2.45) is 16.8 Å². The van der Waals surface area contributed by atoms with Gasteiger partial charge in [0.25, 0.3) is 0 Å². The third-order valence-electron chi connectivity index (χ3n) is 4.24. The maximum absolute atomic E-state index is 9.26. The highest BCUT2D eigenvalue weighted by atomic mass is 127. The molecular formula is C20H33IN4O. The van der Waals surface area contributed by atoms with Gasteiger partial charge in [-0.25, -0.2) is 4.99 Å². The minimum atomic E-state index is 0. The van der Waals surface area contributed by atoms with Gasteiger partial charge in [0.2, 0.25) is 0 Å². The summed E-state index contributed by atoms with van der Waals surface area (Å²) in [5.41, 5.74) is 2.25. The first-order valence-corrected chi connectivity index (χ1v) is 9.32. The Morgan fingerprint density at radius 1 is 1.23 bits per heavy atom. The summed E-state index contributed by atoms with van der Waals surface area (Å²) in [4.78, 5) is 8.10. The molecule has 0 amide bonds. The van der Waals surface area contributed by atoms with E-state index in [0.717, 1.165) is 43.1 Å². The van der Waals surface area contributed by atoms with E-state index in [2.05, 4.69) is 54.6 Å². The fourth-order valence-electron chi connectivity index (χ4n) is 3.12. The Kier molecular flexibility index (Phi) is 10.7. The van der Waals surface area contributed by atoms with Crippen LogP contribution in [0.4, 0.5) is 0 Å². The SMILES string of the molecule is CCNC(=NCc1cc2ccccc2[nH]1)NCC(CCO)CC(C)C.I. The quantitative estimate of drug-likeness (QED) is 0.254. The van der Waals surface area contributed by atoms with Crippen LogP contribution in [0.15, 0.2) is 35.3 Å². The lowest BCUT2D eigenvalue weighted by Gasteiger charge is -2.20. The number of halogens is 1. The van der Waals surface area contributed by atoms with Crippen LogP contribution in [0.25, 0.3) is 10.9 Å². The predicted molar refractivity (Wildman–Crippen MR) is 121 cm³/mol. The molecule has 2 rings (SSSR count). The van der Waals surface area contributed by atoms with E-state index in [1.165, 1.54) is 5.39 Å². The molecule has 4 N–H and O–H groups in total. The smallest absolute Gasteiger partial charge is 0.191 e. The van der Waals surface area contributed by atoms with E-state index < -0.39 is 0 Å². The van der Waals surface area contributed by atoms with E-state index in [1.54, 1.807) is 0 Å². The highest BCUT2D eigenvalue weighted by Gasteiger charge is 2.11. The van der Waals surface area contributed by atoms with E-state index in [1.807, 2.05) is 12.1 Å². The van der Waals surface area contributed by atoms with Crippen LogP contribution in [0.3, 0.4) is 0 Å². The van der Waals surface area contributed by atoms with Crippen molar-refractivity contribution >= 4 is 40.8 Å². The maximum atomic E-state index is 9.26. The molecule has 1 atom stereocenters. The first kappa shape index (κ1) is 22.8. The van der Waals surface area contributed by atoms with Crippen molar-refractivity contribution in [3.63, 3.8) is 0 Å². The van der Waals surface area contributed by atoms with Crippen LogP contribution in [0.1, 0.15) is 39.3 Å². The number of para-hydroxylation sites is 1. The number of fused-ring (bicyclic) bond motifs is 1. The van der Waals surface area contributed by atoms with Gasteiger partial charge in [0, 0.05) is 30.9 Å². The lowest BCUT2D eigenvalue weighted by molar-refractivity contribution is 0.243. The summed E-state index contributed by atoms with van der Waals surface area (Å²) < 4.78 is 0. The average Bonchev–Trinajstić information content (AvgIpc) is 2.99. The number of benzene rings is 1. The molecule has 1 aromatic carbocycles. The normalized spacial score (nSPS) is 12.9. The standard InChI is InChI=1S/C20H32N4O.HI/c1-4-21-20(22-13-16(9-10-25)11-15(2)3)23-14-18-12-17-7-5-6-8-19(17)24-18;/h5-8,12,15-16,24-25H,4,9-11,13-14H2,1-3H3,(H2,21,22,23);1H. The Labute approximate surface area is 174 Å². The molecule has 1 heterocycles. The lowest BCUT2D eigenvalue weighted by atomic mass is 9.94. The van der Waals surface area contributed by atoms with Gasteiger partial charge in [-0.1, -0.05) is 32.0 Å². The molecule has 0 aliphatic carbocycles. The zero-order valence-corrected chi connectivity index (χ0v) is 18.4. The molecule has 1 unspecified atom stereocenters. The van der Waals surface area contributed by atoms with E-state index >= 15 is 0 Å². The van der Waals surface area contributed by atoms with Crippen molar-refractivity contribution in [2.75, 3.05) is 19.7 Å². The van der Waals surface area contributed by atoms with Crippen LogP contribution in [-0.2, 0) is 6.54 Å². The number of guanidine groups is 1. The molecule has 2 aromatic rings. The summed E-state index contributed by atoms with van der Waals surface area (Å²) in [6.45, 7) is 9.02. The minimum absolute atomic E-state index is 0. The van der Waals surface area contributed by atoms with E-state index in [9.17, 15) is 5.11 Å². The summed E-state index contributed by atoms with van der Waals surface area (Å²) in [7, 11) is 0. The summed E-state index contributed by atoms with van der Waals surface area (Å²) in [5.74, 6) is 1.92. The zero-order valence-electron chi connectivity index (χ0n) is 16.1. The van der Waals surface area contributed by atoms with Gasteiger partial charge in [-0.15, -0.1) is 24.0 Å². The number of H-pyrrole nitrogens is 1. The number of aliphatic hydroxyl groups excluding tert-OH is 1. The molecule has 26 heavy (non-hydrogen) atoms. The Balaban J connectivity index is 0.00000338. The van der Waals surface area contributed by atoms with Crippen molar-refractivity contribution in [2.45, 2.75) is 40.2 Å². The average molecular weight is 472 g/mol. The Morgan fingerprint density at radius 2 is 2.00 bits per heavy atom. The van der Waals surface area contributed by atoms with Gasteiger partial charge >= 0.3 is 0 Å². The number of rotatable bonds is 9. The molecule has 0 saturated carbocycles. The van der Waals surface area contributed by atoms with Crippen molar-refractivity contribution < 1.29 is 5.11 Å². The van der Waals surface area contributed by atoms with Crippen LogP contribution < -0.4 is 10.6 Å². The number of hydrogen-bond donors (Lipinski definition) is 4. The molecule has 0 fully saturated rings. The molecule has 5 nitrogen and oxygen atoms in total. The predicted octanol–water partition coefficient (Wildman–Crippen LogP) is 3.89. The number of nitrogens with one attached hydrogen (secondary N) is 3. The van der Waals surface area contributed by atoms with Gasteiger partial charge in [0.05, 0.1) is 6.54 Å². The molecule has 6 heteroatoms. The molecule has 0 saturated heterocycles. The first-order valence-electron chi connectivity index (χ1n) is 9.32. The number of aliphatic imine (C=N–C) groups is 1. The molecule has 0 radical (unpaired) electrons. The number of nitrogens with zero attached hydrogens (tertiary/aromatic N) is 1. The largest absolute Gasteiger partial charge is 0.396 e. The molecule has 1 aromatic heterocycles.